The maximum absolute atomic E-state index is 11.9. The van der Waals surface area contributed by atoms with Gasteiger partial charge in [-0.1, -0.05) is 11.6 Å². The molecule has 1 aromatic carbocycles. The minimum absolute atomic E-state index is 0.209. The number of carbonyl (C=O) groups is 1. The number of hydrogen-bond donors (Lipinski definition) is 1. The molecule has 1 aliphatic rings. The number of piperazine rings is 1. The first-order chi connectivity index (χ1) is 14.1. The van der Waals surface area contributed by atoms with E-state index in [1.807, 2.05) is 25.1 Å². The molecule has 7 nitrogen and oxygen atoms in total. The highest BCUT2D eigenvalue weighted by molar-refractivity contribution is 6.30. The van der Waals surface area contributed by atoms with Gasteiger partial charge in [0.15, 0.2) is 5.76 Å². The standard InChI is InChI=1S/C21H21ClN4O3/c1-15-19(29-20(25-15)16-4-6-17(22)7-5-16)21(12-24-9-10-26(21)14-27)13-28-18-3-2-8-23-11-18/h2-8,11,14,24H,9-10,12-13H2,1H3. The van der Waals surface area contributed by atoms with E-state index in [1.54, 1.807) is 35.5 Å². The van der Waals surface area contributed by atoms with Gasteiger partial charge in [0, 0.05) is 36.4 Å². The highest BCUT2D eigenvalue weighted by Gasteiger charge is 2.46. The van der Waals surface area contributed by atoms with Gasteiger partial charge in [-0.3, -0.25) is 9.78 Å². The lowest BCUT2D eigenvalue weighted by atomic mass is 9.91. The number of carbonyl (C=O) groups excluding carboxylic acids is 1. The predicted octanol–water partition coefficient (Wildman–Crippen LogP) is 3.03. The monoisotopic (exact) mass is 412 g/mol. The smallest absolute Gasteiger partial charge is 0.226 e. The van der Waals surface area contributed by atoms with E-state index < -0.39 is 5.54 Å². The number of nitrogens with zero attached hydrogens (tertiary/aromatic N) is 3. The van der Waals surface area contributed by atoms with Gasteiger partial charge in [-0.05, 0) is 43.3 Å². The molecule has 1 saturated heterocycles. The quantitative estimate of drug-likeness (QED) is 0.627. The average Bonchev–Trinajstić information content (AvgIpc) is 3.16. The fourth-order valence-electron chi connectivity index (χ4n) is 3.55. The highest BCUT2D eigenvalue weighted by Crippen LogP contribution is 2.35. The lowest BCUT2D eigenvalue weighted by molar-refractivity contribution is -0.128. The predicted molar refractivity (Wildman–Crippen MR) is 109 cm³/mol. The molecule has 1 unspecified atom stereocenters. The lowest BCUT2D eigenvalue weighted by Crippen LogP contribution is -2.61. The van der Waals surface area contributed by atoms with Gasteiger partial charge in [0.25, 0.3) is 0 Å². The number of nitrogens with one attached hydrogen (secondary N) is 1. The number of benzene rings is 1. The summed E-state index contributed by atoms with van der Waals surface area (Å²) < 4.78 is 12.2. The highest BCUT2D eigenvalue weighted by atomic mass is 35.5. The summed E-state index contributed by atoms with van der Waals surface area (Å²) in [6, 6.07) is 10.9. The van der Waals surface area contributed by atoms with Gasteiger partial charge in [-0.2, -0.15) is 0 Å². The Hall–Kier alpha value is -2.90. The van der Waals surface area contributed by atoms with Crippen molar-refractivity contribution in [3.63, 3.8) is 0 Å². The first kappa shape index (κ1) is 19.4. The maximum Gasteiger partial charge on any atom is 0.226 e. The van der Waals surface area contributed by atoms with Crippen molar-refractivity contribution < 1.29 is 13.9 Å². The van der Waals surface area contributed by atoms with Crippen LogP contribution in [-0.2, 0) is 10.3 Å². The second kappa shape index (κ2) is 8.23. The number of rotatable bonds is 6. The van der Waals surface area contributed by atoms with Crippen LogP contribution in [0.3, 0.4) is 0 Å². The molecule has 0 radical (unpaired) electrons. The van der Waals surface area contributed by atoms with Gasteiger partial charge in [-0.15, -0.1) is 0 Å². The Kier molecular flexibility index (Phi) is 5.51. The van der Waals surface area contributed by atoms with Crippen LogP contribution in [0.1, 0.15) is 11.5 Å². The molecule has 29 heavy (non-hydrogen) atoms. The third-order valence-electron chi connectivity index (χ3n) is 5.05. The van der Waals surface area contributed by atoms with E-state index in [2.05, 4.69) is 15.3 Å². The molecule has 1 atom stereocenters. The SMILES string of the molecule is Cc1nc(-c2ccc(Cl)cc2)oc1C1(COc2cccnc2)CNCCN1C=O. The Balaban J connectivity index is 1.73. The van der Waals surface area contributed by atoms with Crippen molar-refractivity contribution in [2.24, 2.45) is 0 Å². The second-order valence-corrected chi connectivity index (χ2v) is 7.36. The number of ether oxygens (including phenoxy) is 1. The second-order valence-electron chi connectivity index (χ2n) is 6.93. The number of halogens is 1. The van der Waals surface area contributed by atoms with E-state index in [0.29, 0.717) is 47.8 Å². The lowest BCUT2D eigenvalue weighted by Gasteiger charge is -2.43. The van der Waals surface area contributed by atoms with E-state index in [9.17, 15) is 4.79 Å². The Morgan fingerprint density at radius 3 is 2.90 bits per heavy atom. The summed E-state index contributed by atoms with van der Waals surface area (Å²) in [4.78, 5) is 22.3. The van der Waals surface area contributed by atoms with Crippen molar-refractivity contribution in [3.8, 4) is 17.2 Å². The Morgan fingerprint density at radius 2 is 2.17 bits per heavy atom. The molecule has 1 amide bonds. The summed E-state index contributed by atoms with van der Waals surface area (Å²) in [5.74, 6) is 1.70. The summed E-state index contributed by atoms with van der Waals surface area (Å²) in [6.45, 7) is 3.81. The third kappa shape index (κ3) is 3.83. The third-order valence-corrected chi connectivity index (χ3v) is 5.30. The van der Waals surface area contributed by atoms with Crippen LogP contribution in [0.25, 0.3) is 11.5 Å². The minimum atomic E-state index is -0.822. The summed E-state index contributed by atoms with van der Waals surface area (Å²) in [5, 5.41) is 4.00. The number of pyridine rings is 1. The van der Waals surface area contributed by atoms with Crippen molar-refractivity contribution in [1.82, 2.24) is 20.2 Å². The molecule has 0 bridgehead atoms. The first-order valence-corrected chi connectivity index (χ1v) is 9.69. The molecule has 0 aliphatic carbocycles. The number of hydrogen-bond acceptors (Lipinski definition) is 6. The number of oxazole rings is 1. The molecule has 3 heterocycles. The summed E-state index contributed by atoms with van der Waals surface area (Å²) >= 11 is 5.99. The van der Waals surface area contributed by atoms with Crippen molar-refractivity contribution in [3.05, 3.63) is 65.3 Å². The van der Waals surface area contributed by atoms with Gasteiger partial charge >= 0.3 is 0 Å². The van der Waals surface area contributed by atoms with Crippen molar-refractivity contribution in [2.45, 2.75) is 12.5 Å². The fourth-order valence-corrected chi connectivity index (χ4v) is 3.68. The molecule has 0 saturated carbocycles. The molecular formula is C21H21ClN4O3. The van der Waals surface area contributed by atoms with Gasteiger partial charge in [-0.25, -0.2) is 4.98 Å². The van der Waals surface area contributed by atoms with E-state index >= 15 is 0 Å². The normalized spacial score (nSPS) is 19.2. The average molecular weight is 413 g/mol. The molecular weight excluding hydrogens is 392 g/mol. The Morgan fingerprint density at radius 1 is 1.34 bits per heavy atom. The zero-order valence-electron chi connectivity index (χ0n) is 16.0. The topological polar surface area (TPSA) is 80.5 Å². The van der Waals surface area contributed by atoms with Crippen LogP contribution in [-0.4, -0.2) is 47.5 Å². The van der Waals surface area contributed by atoms with Gasteiger partial charge < -0.3 is 19.4 Å². The number of aromatic nitrogens is 2. The molecule has 0 spiro atoms. The van der Waals surface area contributed by atoms with Crippen LogP contribution >= 0.6 is 11.6 Å². The van der Waals surface area contributed by atoms with Crippen molar-refractivity contribution >= 4 is 18.0 Å². The van der Waals surface area contributed by atoms with Crippen LogP contribution in [0.15, 0.2) is 53.2 Å². The van der Waals surface area contributed by atoms with Crippen LogP contribution in [0, 0.1) is 6.92 Å². The maximum atomic E-state index is 11.9. The number of aryl methyl sites for hydroxylation is 1. The van der Waals surface area contributed by atoms with Crippen LogP contribution in [0.4, 0.5) is 0 Å². The molecule has 1 N–H and O–H groups in total. The molecule has 8 heteroatoms. The van der Waals surface area contributed by atoms with Crippen LogP contribution in [0.5, 0.6) is 5.75 Å². The van der Waals surface area contributed by atoms with E-state index in [0.717, 1.165) is 12.0 Å². The minimum Gasteiger partial charge on any atom is -0.489 e. The molecule has 2 aromatic heterocycles. The van der Waals surface area contributed by atoms with Crippen LogP contribution < -0.4 is 10.1 Å². The van der Waals surface area contributed by atoms with Gasteiger partial charge in [0.1, 0.15) is 17.9 Å². The largest absolute Gasteiger partial charge is 0.489 e. The number of amides is 1. The van der Waals surface area contributed by atoms with Crippen molar-refractivity contribution in [1.29, 1.82) is 0 Å². The van der Waals surface area contributed by atoms with Gasteiger partial charge in [0.2, 0.25) is 12.3 Å². The van der Waals surface area contributed by atoms with E-state index in [1.165, 1.54) is 0 Å². The fraction of sp³-hybridized carbons (Fsp3) is 0.286. The zero-order valence-corrected chi connectivity index (χ0v) is 16.7. The molecule has 150 valence electrons. The molecule has 1 aliphatic heterocycles. The Bertz CT molecular complexity index is 977. The molecule has 1 fully saturated rings. The van der Waals surface area contributed by atoms with Gasteiger partial charge in [0.05, 0.1) is 11.9 Å². The van der Waals surface area contributed by atoms with Crippen LogP contribution in [0.2, 0.25) is 5.02 Å². The first-order valence-electron chi connectivity index (χ1n) is 9.32. The Labute approximate surface area is 173 Å². The molecule has 3 aromatic rings. The van der Waals surface area contributed by atoms with Crippen molar-refractivity contribution in [2.75, 3.05) is 26.2 Å². The molecule has 4 rings (SSSR count). The zero-order chi connectivity index (χ0) is 20.3. The summed E-state index contributed by atoms with van der Waals surface area (Å²) in [5.41, 5.74) is 0.700. The summed E-state index contributed by atoms with van der Waals surface area (Å²) in [7, 11) is 0. The van der Waals surface area contributed by atoms with E-state index in [-0.39, 0.29) is 6.61 Å². The van der Waals surface area contributed by atoms with E-state index in [4.69, 9.17) is 20.8 Å². The summed E-state index contributed by atoms with van der Waals surface area (Å²) in [6.07, 6.45) is 4.17.